The van der Waals surface area contributed by atoms with Crippen LogP contribution in [0, 0.1) is 5.41 Å². The minimum absolute atomic E-state index is 0.182. The van der Waals surface area contributed by atoms with Gasteiger partial charge in [-0.2, -0.15) is 0 Å². The van der Waals surface area contributed by atoms with Crippen molar-refractivity contribution in [1.29, 1.82) is 0 Å². The van der Waals surface area contributed by atoms with E-state index in [4.69, 9.17) is 16.6 Å². The largest absolute Gasteiger partial charge is 0.480 e. The first-order valence-corrected chi connectivity index (χ1v) is 6.43. The molecule has 1 atom stereocenters. The second kappa shape index (κ2) is 6.51. The lowest BCUT2D eigenvalue weighted by atomic mass is 9.73. The van der Waals surface area contributed by atoms with Gasteiger partial charge in [-0.3, -0.25) is 9.59 Å². The molecule has 7 heteroatoms. The Kier molecular flexibility index (Phi) is 5.29. The average molecular weight is 271 g/mol. The number of carboxylic acid groups (broad SMARTS) is 1. The molecule has 0 saturated heterocycles. The average Bonchev–Trinajstić information content (AvgIpc) is 2.38. The van der Waals surface area contributed by atoms with E-state index in [1.165, 1.54) is 0 Å². The monoisotopic (exact) mass is 271 g/mol. The van der Waals surface area contributed by atoms with E-state index in [-0.39, 0.29) is 12.5 Å². The van der Waals surface area contributed by atoms with Crippen LogP contribution in [0.1, 0.15) is 38.5 Å². The predicted molar refractivity (Wildman–Crippen MR) is 68.0 cm³/mol. The van der Waals surface area contributed by atoms with Gasteiger partial charge in [-0.15, -0.1) is 0 Å². The second-order valence-corrected chi connectivity index (χ2v) is 5.08. The fourth-order valence-corrected chi connectivity index (χ4v) is 2.47. The number of hydrogen-bond acceptors (Lipinski definition) is 4. The smallest absolute Gasteiger partial charge is 0.326 e. The van der Waals surface area contributed by atoms with Crippen LogP contribution in [0.4, 0.5) is 0 Å². The lowest BCUT2D eigenvalue weighted by Gasteiger charge is -2.35. The molecule has 1 aliphatic rings. The fourth-order valence-electron chi connectivity index (χ4n) is 2.47. The van der Waals surface area contributed by atoms with Gasteiger partial charge in [0.2, 0.25) is 11.8 Å². The molecule has 0 aromatic heterocycles. The first kappa shape index (κ1) is 15.4. The van der Waals surface area contributed by atoms with E-state index in [1.807, 2.05) is 0 Å². The van der Waals surface area contributed by atoms with Crippen molar-refractivity contribution in [3.05, 3.63) is 0 Å². The molecule has 0 aromatic rings. The van der Waals surface area contributed by atoms with E-state index in [0.29, 0.717) is 12.8 Å². The standard InChI is InChI=1S/C12H21N3O4/c13-7-12(4-2-1-3-5-12)11(19)15-8(10(17)18)6-9(14)16/h8H,1-7,13H2,(H2,14,16)(H,15,19)(H,17,18)/t8-/m1/s1. The molecule has 108 valence electrons. The molecule has 2 amide bonds. The van der Waals surface area contributed by atoms with E-state index in [2.05, 4.69) is 5.32 Å². The third kappa shape index (κ3) is 3.92. The summed E-state index contributed by atoms with van der Waals surface area (Å²) in [5, 5.41) is 11.4. The van der Waals surface area contributed by atoms with E-state index in [1.54, 1.807) is 0 Å². The number of carboxylic acids is 1. The summed E-state index contributed by atoms with van der Waals surface area (Å²) in [6, 6.07) is -1.28. The molecule has 0 aliphatic heterocycles. The maximum Gasteiger partial charge on any atom is 0.326 e. The number of nitrogens with two attached hydrogens (primary N) is 2. The van der Waals surface area contributed by atoms with E-state index < -0.39 is 29.8 Å². The van der Waals surface area contributed by atoms with Crippen LogP contribution in [0.25, 0.3) is 0 Å². The second-order valence-electron chi connectivity index (χ2n) is 5.08. The van der Waals surface area contributed by atoms with Crippen LogP contribution in [0.5, 0.6) is 0 Å². The topological polar surface area (TPSA) is 136 Å². The minimum atomic E-state index is -1.28. The van der Waals surface area contributed by atoms with Gasteiger partial charge in [-0.25, -0.2) is 4.79 Å². The summed E-state index contributed by atoms with van der Waals surface area (Å²) >= 11 is 0. The van der Waals surface area contributed by atoms with Crippen LogP contribution >= 0.6 is 0 Å². The SMILES string of the molecule is NCC1(C(=O)N[C@H](CC(N)=O)C(=O)O)CCCCC1. The van der Waals surface area contributed by atoms with Crippen LogP contribution in [-0.4, -0.2) is 35.5 Å². The summed E-state index contributed by atoms with van der Waals surface area (Å²) in [6.45, 7) is 0.182. The quantitative estimate of drug-likeness (QED) is 0.508. The van der Waals surface area contributed by atoms with Crippen molar-refractivity contribution in [2.75, 3.05) is 6.54 Å². The lowest BCUT2D eigenvalue weighted by Crippen LogP contribution is -2.53. The Morgan fingerprint density at radius 3 is 2.21 bits per heavy atom. The Morgan fingerprint density at radius 1 is 1.21 bits per heavy atom. The van der Waals surface area contributed by atoms with Crippen molar-refractivity contribution < 1.29 is 19.5 Å². The number of hydrogen-bond donors (Lipinski definition) is 4. The van der Waals surface area contributed by atoms with E-state index >= 15 is 0 Å². The van der Waals surface area contributed by atoms with Crippen LogP contribution in [0.3, 0.4) is 0 Å². The Bertz CT molecular complexity index is 364. The molecule has 6 N–H and O–H groups in total. The molecule has 7 nitrogen and oxygen atoms in total. The molecule has 0 aromatic carbocycles. The summed E-state index contributed by atoms with van der Waals surface area (Å²) in [5.74, 6) is -2.42. The van der Waals surface area contributed by atoms with Gasteiger partial charge >= 0.3 is 5.97 Å². The Hall–Kier alpha value is -1.63. The van der Waals surface area contributed by atoms with E-state index in [0.717, 1.165) is 19.3 Å². The zero-order valence-corrected chi connectivity index (χ0v) is 10.9. The number of carbonyl (C=O) groups is 3. The van der Waals surface area contributed by atoms with Gasteiger partial charge in [-0.1, -0.05) is 19.3 Å². The maximum absolute atomic E-state index is 12.2. The molecule has 0 spiro atoms. The Labute approximate surface area is 111 Å². The Morgan fingerprint density at radius 2 is 1.79 bits per heavy atom. The molecular weight excluding hydrogens is 250 g/mol. The molecule has 0 radical (unpaired) electrons. The van der Waals surface area contributed by atoms with Crippen molar-refractivity contribution in [3.63, 3.8) is 0 Å². The maximum atomic E-state index is 12.2. The van der Waals surface area contributed by atoms with Crippen molar-refractivity contribution >= 4 is 17.8 Å². The summed E-state index contributed by atoms with van der Waals surface area (Å²) in [6.07, 6.45) is 3.74. The van der Waals surface area contributed by atoms with Crippen LogP contribution in [0.15, 0.2) is 0 Å². The summed E-state index contributed by atoms with van der Waals surface area (Å²) in [7, 11) is 0. The molecule has 0 bridgehead atoms. The molecule has 1 aliphatic carbocycles. The van der Waals surface area contributed by atoms with Gasteiger partial charge in [-0.05, 0) is 12.8 Å². The highest BCUT2D eigenvalue weighted by molar-refractivity contribution is 5.90. The summed E-state index contributed by atoms with van der Waals surface area (Å²) in [5.41, 5.74) is 9.96. The van der Waals surface area contributed by atoms with Gasteiger partial charge < -0.3 is 21.9 Å². The first-order valence-electron chi connectivity index (χ1n) is 6.43. The number of primary amides is 1. The summed E-state index contributed by atoms with van der Waals surface area (Å²) < 4.78 is 0. The number of nitrogens with one attached hydrogen (secondary N) is 1. The Balaban J connectivity index is 2.74. The number of rotatable bonds is 6. The molecule has 0 unspecified atom stereocenters. The van der Waals surface area contributed by atoms with Crippen molar-refractivity contribution in [2.24, 2.45) is 16.9 Å². The minimum Gasteiger partial charge on any atom is -0.480 e. The zero-order valence-electron chi connectivity index (χ0n) is 10.9. The molecular formula is C12H21N3O4. The molecule has 1 fully saturated rings. The highest BCUT2D eigenvalue weighted by atomic mass is 16.4. The normalized spacial score (nSPS) is 19.4. The van der Waals surface area contributed by atoms with Gasteiger partial charge in [0.15, 0.2) is 0 Å². The van der Waals surface area contributed by atoms with Crippen LogP contribution in [-0.2, 0) is 14.4 Å². The number of aliphatic carboxylic acids is 1. The molecule has 0 heterocycles. The fraction of sp³-hybridized carbons (Fsp3) is 0.750. The highest BCUT2D eigenvalue weighted by Gasteiger charge is 2.39. The number of carbonyl (C=O) groups excluding carboxylic acids is 2. The van der Waals surface area contributed by atoms with Crippen molar-refractivity contribution in [3.8, 4) is 0 Å². The van der Waals surface area contributed by atoms with Crippen LogP contribution in [0.2, 0.25) is 0 Å². The van der Waals surface area contributed by atoms with Crippen molar-refractivity contribution in [2.45, 2.75) is 44.6 Å². The first-order chi connectivity index (χ1) is 8.91. The van der Waals surface area contributed by atoms with E-state index in [9.17, 15) is 14.4 Å². The molecule has 19 heavy (non-hydrogen) atoms. The van der Waals surface area contributed by atoms with Gasteiger partial charge in [0.1, 0.15) is 6.04 Å². The van der Waals surface area contributed by atoms with Crippen LogP contribution < -0.4 is 16.8 Å². The third-order valence-corrected chi connectivity index (χ3v) is 3.69. The zero-order chi connectivity index (χ0) is 14.5. The number of amides is 2. The summed E-state index contributed by atoms with van der Waals surface area (Å²) in [4.78, 5) is 34.0. The van der Waals surface area contributed by atoms with Crippen molar-refractivity contribution in [1.82, 2.24) is 5.32 Å². The lowest BCUT2D eigenvalue weighted by molar-refractivity contribution is -0.145. The predicted octanol–water partition coefficient (Wildman–Crippen LogP) is -0.660. The molecule has 1 saturated carbocycles. The molecule has 1 rings (SSSR count). The third-order valence-electron chi connectivity index (χ3n) is 3.69. The van der Waals surface area contributed by atoms with Gasteiger partial charge in [0.25, 0.3) is 0 Å². The van der Waals surface area contributed by atoms with Gasteiger partial charge in [0, 0.05) is 6.54 Å². The highest BCUT2D eigenvalue weighted by Crippen LogP contribution is 2.35. The van der Waals surface area contributed by atoms with Gasteiger partial charge in [0.05, 0.1) is 11.8 Å².